The molecule has 70 valence electrons. The highest BCUT2D eigenvalue weighted by atomic mass is 16.2. The molecule has 12 heavy (non-hydrogen) atoms. The molecular formula is C9H17NO2. The lowest BCUT2D eigenvalue weighted by atomic mass is 10.2. The number of hydrogen-bond acceptors (Lipinski definition) is 2. The molecule has 0 unspecified atom stereocenters. The lowest BCUT2D eigenvalue weighted by molar-refractivity contribution is -0.142. The van der Waals surface area contributed by atoms with Crippen molar-refractivity contribution in [3.8, 4) is 0 Å². The number of carbonyl (C=O) groups excluding carboxylic acids is 2. The van der Waals surface area contributed by atoms with Crippen LogP contribution in [0, 0.1) is 0 Å². The number of likely N-dealkylation sites (N-methyl/N-ethyl adjacent to an activating group) is 1. The molecule has 0 saturated heterocycles. The van der Waals surface area contributed by atoms with Crippen LogP contribution in [-0.2, 0) is 9.59 Å². The van der Waals surface area contributed by atoms with Gasteiger partial charge in [0.05, 0.1) is 0 Å². The summed E-state index contributed by atoms with van der Waals surface area (Å²) in [5.74, 6) is -0.764. The number of carbonyl (C=O) groups is 2. The monoisotopic (exact) mass is 171 g/mol. The number of amides is 1. The number of ketones is 1. The van der Waals surface area contributed by atoms with Crippen LogP contribution in [0.15, 0.2) is 0 Å². The molecule has 0 rings (SSSR count). The first kappa shape index (κ1) is 11.1. The van der Waals surface area contributed by atoms with E-state index >= 15 is 0 Å². The second-order valence-corrected chi connectivity index (χ2v) is 2.99. The van der Waals surface area contributed by atoms with Crippen LogP contribution in [0.1, 0.15) is 33.1 Å². The van der Waals surface area contributed by atoms with Crippen LogP contribution in [0.25, 0.3) is 0 Å². The van der Waals surface area contributed by atoms with Gasteiger partial charge in [0.1, 0.15) is 0 Å². The van der Waals surface area contributed by atoms with Gasteiger partial charge in [-0.05, 0) is 6.42 Å². The van der Waals surface area contributed by atoms with Gasteiger partial charge in [-0.25, -0.2) is 0 Å². The molecule has 3 nitrogen and oxygen atoms in total. The van der Waals surface area contributed by atoms with Crippen molar-refractivity contribution in [3.63, 3.8) is 0 Å². The third-order valence-electron chi connectivity index (χ3n) is 1.74. The van der Waals surface area contributed by atoms with E-state index in [4.69, 9.17) is 0 Å². The van der Waals surface area contributed by atoms with E-state index in [9.17, 15) is 9.59 Å². The topological polar surface area (TPSA) is 37.4 Å². The number of hydrogen-bond donors (Lipinski definition) is 0. The Hall–Kier alpha value is -0.860. The predicted molar refractivity (Wildman–Crippen MR) is 47.8 cm³/mol. The Morgan fingerprint density at radius 2 is 1.83 bits per heavy atom. The molecule has 0 aromatic heterocycles. The minimum absolute atomic E-state index is 0.381. The van der Waals surface area contributed by atoms with Crippen LogP contribution in [0.3, 0.4) is 0 Å². The average Bonchev–Trinajstić information content (AvgIpc) is 2.03. The lowest BCUT2D eigenvalue weighted by Crippen LogP contribution is -2.32. The molecular weight excluding hydrogens is 154 g/mol. The van der Waals surface area contributed by atoms with Crippen molar-refractivity contribution in [2.75, 3.05) is 13.6 Å². The predicted octanol–water partition coefficient (Wildman–Crippen LogP) is 1.22. The molecule has 0 heterocycles. The van der Waals surface area contributed by atoms with Gasteiger partial charge >= 0.3 is 0 Å². The van der Waals surface area contributed by atoms with E-state index in [1.807, 2.05) is 0 Å². The summed E-state index contributed by atoms with van der Waals surface area (Å²) in [4.78, 5) is 23.1. The minimum atomic E-state index is -0.383. The Morgan fingerprint density at radius 3 is 2.25 bits per heavy atom. The van der Waals surface area contributed by atoms with Gasteiger partial charge in [0.2, 0.25) is 5.78 Å². The first-order valence-electron chi connectivity index (χ1n) is 4.35. The third kappa shape index (κ3) is 4.11. The van der Waals surface area contributed by atoms with E-state index in [2.05, 4.69) is 6.92 Å². The van der Waals surface area contributed by atoms with Crippen LogP contribution in [-0.4, -0.2) is 30.2 Å². The normalized spacial score (nSPS) is 9.58. The molecule has 0 bridgehead atoms. The maximum atomic E-state index is 11.0. The van der Waals surface area contributed by atoms with Gasteiger partial charge in [-0.15, -0.1) is 0 Å². The molecule has 0 aliphatic carbocycles. The first-order chi connectivity index (χ1) is 5.59. The summed E-state index contributed by atoms with van der Waals surface area (Å²) in [7, 11) is 1.67. The van der Waals surface area contributed by atoms with Crippen LogP contribution in [0.5, 0.6) is 0 Å². The highest BCUT2D eigenvalue weighted by Crippen LogP contribution is 1.96. The van der Waals surface area contributed by atoms with Crippen molar-refractivity contribution < 1.29 is 9.59 Å². The smallest absolute Gasteiger partial charge is 0.289 e. The Kier molecular flexibility index (Phi) is 5.34. The Balaban J connectivity index is 3.64. The van der Waals surface area contributed by atoms with Crippen molar-refractivity contribution >= 4 is 11.7 Å². The fourth-order valence-electron chi connectivity index (χ4n) is 0.969. The summed E-state index contributed by atoms with van der Waals surface area (Å²) in [5.41, 5.74) is 0. The second kappa shape index (κ2) is 5.75. The van der Waals surface area contributed by atoms with Gasteiger partial charge in [-0.1, -0.05) is 19.8 Å². The zero-order chi connectivity index (χ0) is 9.56. The molecule has 0 radical (unpaired) electrons. The zero-order valence-electron chi connectivity index (χ0n) is 8.09. The van der Waals surface area contributed by atoms with Gasteiger partial charge in [-0.3, -0.25) is 9.59 Å². The minimum Gasteiger partial charge on any atom is -0.339 e. The van der Waals surface area contributed by atoms with E-state index in [1.165, 1.54) is 11.8 Å². The Morgan fingerprint density at radius 1 is 1.25 bits per heavy atom. The van der Waals surface area contributed by atoms with Crippen molar-refractivity contribution in [3.05, 3.63) is 0 Å². The maximum Gasteiger partial charge on any atom is 0.289 e. The summed E-state index contributed by atoms with van der Waals surface area (Å²) < 4.78 is 0. The molecule has 1 amide bonds. The van der Waals surface area contributed by atoms with Crippen LogP contribution < -0.4 is 0 Å². The van der Waals surface area contributed by atoms with Gasteiger partial charge in [-0.2, -0.15) is 0 Å². The van der Waals surface area contributed by atoms with Crippen molar-refractivity contribution in [2.24, 2.45) is 0 Å². The highest BCUT2D eigenvalue weighted by Gasteiger charge is 2.12. The first-order valence-corrected chi connectivity index (χ1v) is 4.35. The molecule has 3 heteroatoms. The Bertz CT molecular complexity index is 166. The molecule has 0 aromatic carbocycles. The molecule has 0 atom stereocenters. The summed E-state index contributed by atoms with van der Waals surface area (Å²) >= 11 is 0. The van der Waals surface area contributed by atoms with E-state index in [0.717, 1.165) is 19.3 Å². The largest absolute Gasteiger partial charge is 0.339 e. The van der Waals surface area contributed by atoms with Crippen molar-refractivity contribution in [2.45, 2.75) is 33.1 Å². The number of rotatable bonds is 5. The van der Waals surface area contributed by atoms with Gasteiger partial charge in [0, 0.05) is 20.5 Å². The summed E-state index contributed by atoms with van der Waals surface area (Å²) in [6, 6.07) is 0. The van der Waals surface area contributed by atoms with Gasteiger partial charge in [0.15, 0.2) is 0 Å². The fourth-order valence-corrected chi connectivity index (χ4v) is 0.969. The number of Topliss-reactive ketones (excluding diaryl/α,β-unsaturated/α-hetero) is 1. The van der Waals surface area contributed by atoms with Crippen LogP contribution >= 0.6 is 0 Å². The molecule has 0 aliphatic rings. The van der Waals surface area contributed by atoms with Crippen LogP contribution in [0.4, 0.5) is 0 Å². The average molecular weight is 171 g/mol. The second-order valence-electron chi connectivity index (χ2n) is 2.99. The fraction of sp³-hybridized carbons (Fsp3) is 0.778. The van der Waals surface area contributed by atoms with E-state index in [-0.39, 0.29) is 11.7 Å². The summed E-state index contributed by atoms with van der Waals surface area (Å²) in [6.07, 6.45) is 3.21. The van der Waals surface area contributed by atoms with Crippen molar-refractivity contribution in [1.82, 2.24) is 4.90 Å². The molecule has 0 fully saturated rings. The van der Waals surface area contributed by atoms with E-state index < -0.39 is 0 Å². The third-order valence-corrected chi connectivity index (χ3v) is 1.74. The molecule has 0 N–H and O–H groups in total. The highest BCUT2D eigenvalue weighted by molar-refractivity contribution is 6.34. The standard InChI is InChI=1S/C9H17NO2/c1-4-5-6-7-10(3)9(12)8(2)11/h4-7H2,1-3H3. The van der Waals surface area contributed by atoms with Crippen LogP contribution in [0.2, 0.25) is 0 Å². The van der Waals surface area contributed by atoms with Crippen molar-refractivity contribution in [1.29, 1.82) is 0 Å². The maximum absolute atomic E-state index is 11.0. The SMILES string of the molecule is CCCCCN(C)C(=O)C(C)=O. The number of nitrogens with zero attached hydrogens (tertiary/aromatic N) is 1. The molecule has 0 aliphatic heterocycles. The molecule has 0 spiro atoms. The summed E-state index contributed by atoms with van der Waals surface area (Å²) in [6.45, 7) is 4.09. The molecule has 0 aromatic rings. The number of unbranched alkanes of at least 4 members (excludes halogenated alkanes) is 2. The Labute approximate surface area is 73.7 Å². The van der Waals surface area contributed by atoms with E-state index in [0.29, 0.717) is 6.54 Å². The lowest BCUT2D eigenvalue weighted by Gasteiger charge is -2.14. The van der Waals surface area contributed by atoms with Gasteiger partial charge in [0.25, 0.3) is 5.91 Å². The van der Waals surface area contributed by atoms with Gasteiger partial charge < -0.3 is 4.90 Å². The molecule has 0 saturated carbocycles. The quantitative estimate of drug-likeness (QED) is 0.461. The zero-order valence-corrected chi connectivity index (χ0v) is 8.09. The van der Waals surface area contributed by atoms with E-state index in [1.54, 1.807) is 7.05 Å². The summed E-state index contributed by atoms with van der Waals surface area (Å²) in [5, 5.41) is 0.